The van der Waals surface area contributed by atoms with Gasteiger partial charge < -0.3 is 42.5 Å². The van der Waals surface area contributed by atoms with Crippen molar-refractivity contribution in [1.82, 2.24) is 38.6 Å². The fourth-order valence-corrected chi connectivity index (χ4v) is 12.4. The average molecular weight is 1260 g/mol. The number of anilines is 3. The van der Waals surface area contributed by atoms with Crippen LogP contribution < -0.4 is 31.4 Å². The first-order valence-corrected chi connectivity index (χ1v) is 29.5. The SMILES string of the molecule is Cn1c(=O)c([N+](=O)[O-])c(N2CCN(C(=O)c3ccc([N+](=O)[O-])o3)CC2)c2ccccc21.Cn1c(=O)c([N+](=O)[O-])c(N2CCN(Cc3ccn[nH]3)CC2)c2ccccc21.O=C(c1ccco1)N1CCN(c2c([N+](=O)[O-])c(=O)n(Cc3ccsc3)c3ccccc23)CC1. The second-order valence-corrected chi connectivity index (χ2v) is 22.2. The topological polar surface area (TPSA) is 347 Å². The van der Waals surface area contributed by atoms with Crippen LogP contribution in [-0.2, 0) is 27.2 Å². The number of nitrogens with zero attached hydrogens (tertiary/aromatic N) is 14. The molecule has 3 aromatic carbocycles. The van der Waals surface area contributed by atoms with E-state index in [1.807, 2.05) is 81.2 Å². The number of carbonyl (C=O) groups excluding carboxylic acids is 2. The first kappa shape index (κ1) is 61.3. The minimum atomic E-state index is -0.727. The molecule has 10 heterocycles. The van der Waals surface area contributed by atoms with Crippen LogP contribution in [0.25, 0.3) is 32.7 Å². The minimum Gasteiger partial charge on any atom is -0.459 e. The average Bonchev–Trinajstić information content (AvgIpc) is 1.51. The second-order valence-electron chi connectivity index (χ2n) is 21.4. The van der Waals surface area contributed by atoms with Gasteiger partial charge in [-0.1, -0.05) is 54.6 Å². The quantitative estimate of drug-likeness (QED) is 0.0898. The Labute approximate surface area is 517 Å². The van der Waals surface area contributed by atoms with Gasteiger partial charge in [0.15, 0.2) is 11.5 Å². The van der Waals surface area contributed by atoms with Gasteiger partial charge in [-0.15, -0.1) is 0 Å². The van der Waals surface area contributed by atoms with Gasteiger partial charge in [-0.2, -0.15) is 16.4 Å². The van der Waals surface area contributed by atoms with E-state index in [4.69, 9.17) is 8.83 Å². The van der Waals surface area contributed by atoms with Gasteiger partial charge >= 0.3 is 39.6 Å². The molecule has 3 aliphatic rings. The molecule has 1 N–H and O–H groups in total. The van der Waals surface area contributed by atoms with Crippen molar-refractivity contribution in [2.75, 3.05) is 93.2 Å². The molecule has 0 spiro atoms. The number of H-pyrrole nitrogens is 1. The lowest BCUT2D eigenvalue weighted by molar-refractivity contribution is -0.402. The Morgan fingerprint density at radius 1 is 0.527 bits per heavy atom. The Morgan fingerprint density at radius 3 is 1.44 bits per heavy atom. The molecule has 31 heteroatoms. The molecule has 2 amide bonds. The van der Waals surface area contributed by atoms with Crippen LogP contribution in [0.3, 0.4) is 0 Å². The highest BCUT2D eigenvalue weighted by Gasteiger charge is 2.36. The summed E-state index contributed by atoms with van der Waals surface area (Å²) in [6.07, 6.45) is 3.17. The Balaban J connectivity index is 0.000000141. The maximum atomic E-state index is 13.4. The van der Waals surface area contributed by atoms with Gasteiger partial charge in [0, 0.05) is 127 Å². The summed E-state index contributed by atoms with van der Waals surface area (Å²) in [4.78, 5) is 118. The minimum absolute atomic E-state index is 0.148. The highest BCUT2D eigenvalue weighted by molar-refractivity contribution is 7.07. The van der Waals surface area contributed by atoms with Gasteiger partial charge in [-0.05, 0) is 64.9 Å². The molecule has 0 unspecified atom stereocenters. The number of piperazine rings is 3. The molecule has 3 aliphatic heterocycles. The van der Waals surface area contributed by atoms with Crippen molar-refractivity contribution in [3.8, 4) is 0 Å². The molecule has 30 nitrogen and oxygen atoms in total. The van der Waals surface area contributed by atoms with Crippen molar-refractivity contribution in [1.29, 1.82) is 0 Å². The molecule has 10 aromatic rings. The number of nitrogens with one attached hydrogen (secondary N) is 1. The van der Waals surface area contributed by atoms with Crippen LogP contribution in [0.2, 0.25) is 0 Å². The van der Waals surface area contributed by atoms with E-state index < -0.39 is 59.5 Å². The number of carbonyl (C=O) groups is 2. The first-order chi connectivity index (χ1) is 43.9. The van der Waals surface area contributed by atoms with Crippen molar-refractivity contribution >= 4 is 95.9 Å². The lowest BCUT2D eigenvalue weighted by Gasteiger charge is -2.36. The van der Waals surface area contributed by atoms with E-state index in [1.165, 1.54) is 49.3 Å². The molecule has 0 bridgehead atoms. The largest absolute Gasteiger partial charge is 0.459 e. The number of aromatic nitrogens is 5. The summed E-state index contributed by atoms with van der Waals surface area (Å²) >= 11 is 1.51. The number of benzene rings is 3. The van der Waals surface area contributed by atoms with Crippen LogP contribution in [0.5, 0.6) is 0 Å². The number of hydrogen-bond donors (Lipinski definition) is 1. The van der Waals surface area contributed by atoms with Crippen molar-refractivity contribution in [2.24, 2.45) is 14.1 Å². The summed E-state index contributed by atoms with van der Waals surface area (Å²) in [5.74, 6) is -1.13. The van der Waals surface area contributed by atoms with Crippen LogP contribution in [0.4, 0.5) is 40.0 Å². The fraction of sp³-hybridized carbons (Fsp3) is 0.267. The van der Waals surface area contributed by atoms with Gasteiger partial charge in [-0.3, -0.25) is 79.0 Å². The monoisotopic (exact) mass is 1260 g/mol. The van der Waals surface area contributed by atoms with Crippen LogP contribution in [0, 0.1) is 40.5 Å². The van der Waals surface area contributed by atoms with Crippen molar-refractivity contribution in [3.63, 3.8) is 0 Å². The third-order valence-electron chi connectivity index (χ3n) is 16.2. The number of amides is 2. The summed E-state index contributed by atoms with van der Waals surface area (Å²) < 4.78 is 14.2. The van der Waals surface area contributed by atoms with Gasteiger partial charge in [0.1, 0.15) is 22.0 Å². The second kappa shape index (κ2) is 26.2. The Bertz CT molecular complexity index is 4600. The van der Waals surface area contributed by atoms with Gasteiger partial charge in [0.2, 0.25) is 0 Å². The van der Waals surface area contributed by atoms with E-state index in [0.29, 0.717) is 78.0 Å². The molecule has 13 rings (SSSR count). The Hall–Kier alpha value is -11.3. The molecule has 0 atom stereocenters. The standard InChI is InChI=1S/C23H20N4O5S.C19H17N5O7.C18H20N6O3/c28-22(19-6-3-12-32-19)25-10-8-24(9-11-25)20-17-4-1-2-5-18(17)26(14-16-7-13-33-15-16)23(29)21(20)27(30)31;1-20-13-5-3-2-4-12(13)16(17(19(20)26)24(29)30)21-8-10-22(11-9-21)18(25)14-6-7-15(31-14)23(27)28;1-21-15-5-3-2-4-14(15)16(17(18(21)25)24(26)27)23-10-8-22(9-11-23)12-13-6-7-19-20-13/h1-7,12-13,15H,8-11,14H2;2-7H,8-11H2,1H3;2-7H,8-12H2,1H3,(H,19,20). The number of pyridine rings is 3. The number of nitro groups is 4. The van der Waals surface area contributed by atoms with Gasteiger partial charge in [0.05, 0.1) is 50.2 Å². The molecule has 3 fully saturated rings. The third kappa shape index (κ3) is 12.3. The lowest BCUT2D eigenvalue weighted by Crippen LogP contribution is -2.49. The highest BCUT2D eigenvalue weighted by Crippen LogP contribution is 2.38. The summed E-state index contributed by atoms with van der Waals surface area (Å²) in [7, 11) is 3.06. The van der Waals surface area contributed by atoms with Crippen LogP contribution >= 0.6 is 11.3 Å². The molecule has 0 aliphatic carbocycles. The molecular formula is C60H57N15O15S. The van der Waals surface area contributed by atoms with Crippen LogP contribution in [0.15, 0.2) is 156 Å². The number of aromatic amines is 1. The third-order valence-corrected chi connectivity index (χ3v) is 16.9. The normalized spacial score (nSPS) is 14.5. The van der Waals surface area contributed by atoms with Crippen molar-refractivity contribution < 1.29 is 38.1 Å². The van der Waals surface area contributed by atoms with E-state index in [1.54, 1.807) is 59.4 Å². The molecule has 91 heavy (non-hydrogen) atoms. The predicted octanol–water partition coefficient (Wildman–Crippen LogP) is 6.98. The number of aryl methyl sites for hydroxylation is 2. The van der Waals surface area contributed by atoms with E-state index >= 15 is 0 Å². The molecular weight excluding hydrogens is 1200 g/mol. The van der Waals surface area contributed by atoms with Gasteiger partial charge in [-0.25, -0.2) is 0 Å². The molecule has 0 saturated carbocycles. The number of hydrogen-bond acceptors (Lipinski definition) is 21. The van der Waals surface area contributed by atoms with Crippen molar-refractivity contribution in [2.45, 2.75) is 13.1 Å². The number of rotatable bonds is 13. The van der Waals surface area contributed by atoms with E-state index in [2.05, 4.69) is 15.1 Å². The Morgan fingerprint density at radius 2 is 1.00 bits per heavy atom. The molecule has 468 valence electrons. The van der Waals surface area contributed by atoms with Crippen LogP contribution in [0.1, 0.15) is 32.4 Å². The number of furan rings is 2. The summed E-state index contributed by atoms with van der Waals surface area (Å²) in [6.45, 7) is 6.10. The maximum Gasteiger partial charge on any atom is 0.433 e. The van der Waals surface area contributed by atoms with E-state index in [9.17, 15) is 64.4 Å². The van der Waals surface area contributed by atoms with Crippen LogP contribution in [-0.4, -0.2) is 149 Å². The number of thiophene rings is 1. The predicted molar refractivity (Wildman–Crippen MR) is 336 cm³/mol. The van der Waals surface area contributed by atoms with Gasteiger partial charge in [0.25, 0.3) is 11.8 Å². The summed E-state index contributed by atoms with van der Waals surface area (Å²) in [5.41, 5.74) is 1.61. The van der Waals surface area contributed by atoms with E-state index in [0.717, 1.165) is 42.3 Å². The first-order valence-electron chi connectivity index (χ1n) is 28.5. The smallest absolute Gasteiger partial charge is 0.433 e. The van der Waals surface area contributed by atoms with Crippen molar-refractivity contribution in [3.05, 3.63) is 227 Å². The zero-order valence-electron chi connectivity index (χ0n) is 48.9. The fourth-order valence-electron chi connectivity index (χ4n) is 11.7. The number of para-hydroxylation sites is 3. The lowest BCUT2D eigenvalue weighted by atomic mass is 10.1. The zero-order valence-corrected chi connectivity index (χ0v) is 49.7. The molecule has 0 radical (unpaired) electrons. The maximum absolute atomic E-state index is 13.4. The molecule has 3 saturated heterocycles. The summed E-state index contributed by atoms with van der Waals surface area (Å²) in [6, 6.07) is 31.0. The number of fused-ring (bicyclic) bond motifs is 3. The zero-order chi connectivity index (χ0) is 64.2. The highest BCUT2D eigenvalue weighted by atomic mass is 32.1. The van der Waals surface area contributed by atoms with E-state index in [-0.39, 0.29) is 61.5 Å². The molecule has 7 aromatic heterocycles. The Kier molecular flexibility index (Phi) is 17.6. The summed E-state index contributed by atoms with van der Waals surface area (Å²) in [5, 5.41) is 59.0.